The number of carbonyl (C=O) groups is 2. The molecule has 0 rings (SSSR count). The number of carboxylic acids is 1. The summed E-state index contributed by atoms with van der Waals surface area (Å²) < 4.78 is 0. The first-order chi connectivity index (χ1) is 6.61. The zero-order valence-corrected chi connectivity index (χ0v) is 8.25. The number of carbonyl (C=O) groups excluding carboxylic acids is 1. The number of urea groups is 1. The molecule has 80 valence electrons. The highest BCUT2D eigenvalue weighted by atomic mass is 16.4. The minimum atomic E-state index is -1.02. The Bertz CT molecular complexity index is 216. The quantitative estimate of drug-likeness (QED) is 0.437. The van der Waals surface area contributed by atoms with E-state index in [4.69, 9.17) is 5.11 Å². The van der Waals surface area contributed by atoms with Crippen LogP contribution in [0.1, 0.15) is 19.8 Å². The van der Waals surface area contributed by atoms with Gasteiger partial charge in [-0.1, -0.05) is 13.0 Å². The zero-order chi connectivity index (χ0) is 11.0. The molecule has 0 aliphatic carbocycles. The molecule has 0 fully saturated rings. The van der Waals surface area contributed by atoms with Gasteiger partial charge in [-0.25, -0.2) is 9.59 Å². The summed E-state index contributed by atoms with van der Waals surface area (Å²) in [5.74, 6) is -1.02. The summed E-state index contributed by atoms with van der Waals surface area (Å²) in [5.41, 5.74) is 0. The Labute approximate surface area is 83.2 Å². The lowest BCUT2D eigenvalue weighted by Gasteiger charge is -2.12. The van der Waals surface area contributed by atoms with Crippen LogP contribution in [-0.2, 0) is 4.79 Å². The SMILES string of the molecule is C=CCCNC(=O)N[C@@H](CC)C(=O)O. The van der Waals surface area contributed by atoms with Crippen LogP contribution < -0.4 is 10.6 Å². The third-order valence-corrected chi connectivity index (χ3v) is 1.65. The summed E-state index contributed by atoms with van der Waals surface area (Å²) in [4.78, 5) is 21.6. The molecule has 5 heteroatoms. The number of carboxylic acid groups (broad SMARTS) is 1. The van der Waals surface area contributed by atoms with Gasteiger partial charge in [-0.3, -0.25) is 0 Å². The molecule has 0 aromatic rings. The maximum atomic E-state index is 11.1. The molecule has 0 aliphatic heterocycles. The summed E-state index contributed by atoms with van der Waals surface area (Å²) in [6.07, 6.45) is 2.70. The molecule has 0 heterocycles. The van der Waals surface area contributed by atoms with Gasteiger partial charge in [0, 0.05) is 6.54 Å². The summed E-state index contributed by atoms with van der Waals surface area (Å²) in [7, 11) is 0. The van der Waals surface area contributed by atoms with Crippen molar-refractivity contribution in [2.45, 2.75) is 25.8 Å². The Hall–Kier alpha value is -1.52. The zero-order valence-electron chi connectivity index (χ0n) is 8.25. The van der Waals surface area contributed by atoms with Gasteiger partial charge in [0.25, 0.3) is 0 Å². The highest BCUT2D eigenvalue weighted by Gasteiger charge is 2.16. The monoisotopic (exact) mass is 200 g/mol. The summed E-state index contributed by atoms with van der Waals surface area (Å²) in [6.45, 7) is 5.66. The molecule has 0 saturated carbocycles. The fourth-order valence-electron chi connectivity index (χ4n) is 0.835. The van der Waals surface area contributed by atoms with Crippen LogP contribution in [0, 0.1) is 0 Å². The summed E-state index contributed by atoms with van der Waals surface area (Å²) in [5, 5.41) is 13.5. The Balaban J connectivity index is 3.79. The maximum Gasteiger partial charge on any atom is 0.326 e. The number of rotatable bonds is 6. The van der Waals surface area contributed by atoms with E-state index in [2.05, 4.69) is 17.2 Å². The fraction of sp³-hybridized carbons (Fsp3) is 0.556. The molecule has 0 unspecified atom stereocenters. The molecule has 3 N–H and O–H groups in total. The van der Waals surface area contributed by atoms with Crippen molar-refractivity contribution in [1.29, 1.82) is 0 Å². The van der Waals surface area contributed by atoms with Gasteiger partial charge in [0.2, 0.25) is 0 Å². The molecule has 0 bridgehead atoms. The minimum absolute atomic E-state index is 0.365. The first kappa shape index (κ1) is 12.5. The number of hydrogen-bond donors (Lipinski definition) is 3. The molecule has 14 heavy (non-hydrogen) atoms. The van der Waals surface area contributed by atoms with E-state index in [1.165, 1.54) is 0 Å². The molecule has 1 atom stereocenters. The average Bonchev–Trinajstić information content (AvgIpc) is 2.14. The van der Waals surface area contributed by atoms with Crippen molar-refractivity contribution in [3.63, 3.8) is 0 Å². The van der Waals surface area contributed by atoms with Crippen molar-refractivity contribution >= 4 is 12.0 Å². The molecule has 0 spiro atoms. The van der Waals surface area contributed by atoms with Crippen molar-refractivity contribution in [3.8, 4) is 0 Å². The van der Waals surface area contributed by atoms with Crippen LogP contribution in [0.2, 0.25) is 0 Å². The van der Waals surface area contributed by atoms with E-state index >= 15 is 0 Å². The van der Waals surface area contributed by atoms with Gasteiger partial charge in [0.05, 0.1) is 0 Å². The molecule has 5 nitrogen and oxygen atoms in total. The number of nitrogens with one attached hydrogen (secondary N) is 2. The van der Waals surface area contributed by atoms with Crippen LogP contribution in [0.25, 0.3) is 0 Å². The van der Waals surface area contributed by atoms with Crippen LogP contribution in [0.5, 0.6) is 0 Å². The van der Waals surface area contributed by atoms with Crippen LogP contribution in [0.4, 0.5) is 4.79 Å². The van der Waals surface area contributed by atoms with Crippen molar-refractivity contribution in [2.75, 3.05) is 6.54 Å². The lowest BCUT2D eigenvalue weighted by molar-refractivity contribution is -0.139. The fourth-order valence-corrected chi connectivity index (χ4v) is 0.835. The number of aliphatic carboxylic acids is 1. The van der Waals surface area contributed by atoms with E-state index < -0.39 is 18.0 Å². The Morgan fingerprint density at radius 3 is 2.64 bits per heavy atom. The van der Waals surface area contributed by atoms with E-state index in [1.54, 1.807) is 13.0 Å². The lowest BCUT2D eigenvalue weighted by atomic mass is 10.2. The summed E-state index contributed by atoms with van der Waals surface area (Å²) >= 11 is 0. The van der Waals surface area contributed by atoms with E-state index in [0.29, 0.717) is 19.4 Å². The van der Waals surface area contributed by atoms with Crippen molar-refractivity contribution in [2.24, 2.45) is 0 Å². The number of amides is 2. The van der Waals surface area contributed by atoms with Crippen LogP contribution in [0.15, 0.2) is 12.7 Å². The standard InChI is InChI=1S/C9H16N2O3/c1-3-5-6-10-9(14)11-7(4-2)8(12)13/h3,7H,1,4-6H2,2H3,(H,12,13)(H2,10,11,14)/t7-/m0/s1. The largest absolute Gasteiger partial charge is 0.480 e. The molecule has 0 radical (unpaired) electrons. The first-order valence-electron chi connectivity index (χ1n) is 4.49. The molecule has 0 saturated heterocycles. The normalized spacial score (nSPS) is 11.5. The Morgan fingerprint density at radius 1 is 1.57 bits per heavy atom. The molecule has 0 aromatic heterocycles. The molecular weight excluding hydrogens is 184 g/mol. The topological polar surface area (TPSA) is 78.4 Å². The number of hydrogen-bond acceptors (Lipinski definition) is 2. The second-order valence-electron chi connectivity index (χ2n) is 2.78. The Morgan fingerprint density at radius 2 is 2.21 bits per heavy atom. The van der Waals surface area contributed by atoms with Crippen molar-refractivity contribution < 1.29 is 14.7 Å². The average molecular weight is 200 g/mol. The first-order valence-corrected chi connectivity index (χ1v) is 4.49. The van der Waals surface area contributed by atoms with Gasteiger partial charge in [-0.2, -0.15) is 0 Å². The lowest BCUT2D eigenvalue weighted by Crippen LogP contribution is -2.45. The second-order valence-corrected chi connectivity index (χ2v) is 2.78. The smallest absolute Gasteiger partial charge is 0.326 e. The van der Waals surface area contributed by atoms with E-state index in [1.807, 2.05) is 0 Å². The van der Waals surface area contributed by atoms with Gasteiger partial charge in [0.15, 0.2) is 0 Å². The summed E-state index contributed by atoms with van der Waals surface area (Å²) in [6, 6.07) is -1.28. The van der Waals surface area contributed by atoms with E-state index in [-0.39, 0.29) is 0 Å². The van der Waals surface area contributed by atoms with E-state index in [9.17, 15) is 9.59 Å². The van der Waals surface area contributed by atoms with Gasteiger partial charge >= 0.3 is 12.0 Å². The van der Waals surface area contributed by atoms with E-state index in [0.717, 1.165) is 0 Å². The molecule has 0 aromatic carbocycles. The molecular formula is C9H16N2O3. The maximum absolute atomic E-state index is 11.1. The van der Waals surface area contributed by atoms with Gasteiger partial charge in [-0.05, 0) is 12.8 Å². The van der Waals surface area contributed by atoms with Gasteiger partial charge in [0.1, 0.15) is 6.04 Å². The highest BCUT2D eigenvalue weighted by molar-refractivity contribution is 5.82. The van der Waals surface area contributed by atoms with Crippen LogP contribution >= 0.6 is 0 Å². The highest BCUT2D eigenvalue weighted by Crippen LogP contribution is 1.90. The minimum Gasteiger partial charge on any atom is -0.480 e. The van der Waals surface area contributed by atoms with Crippen molar-refractivity contribution in [3.05, 3.63) is 12.7 Å². The third kappa shape index (κ3) is 5.18. The van der Waals surface area contributed by atoms with Gasteiger partial charge < -0.3 is 15.7 Å². The molecule has 2 amide bonds. The Kier molecular flexibility index (Phi) is 6.19. The molecule has 0 aliphatic rings. The third-order valence-electron chi connectivity index (χ3n) is 1.65. The second kappa shape index (κ2) is 6.94. The van der Waals surface area contributed by atoms with Crippen LogP contribution in [-0.4, -0.2) is 29.7 Å². The van der Waals surface area contributed by atoms with Crippen LogP contribution in [0.3, 0.4) is 0 Å². The van der Waals surface area contributed by atoms with Gasteiger partial charge in [-0.15, -0.1) is 6.58 Å². The predicted octanol–water partition coefficient (Wildman–Crippen LogP) is 0.725. The van der Waals surface area contributed by atoms with Crippen molar-refractivity contribution in [1.82, 2.24) is 10.6 Å². The predicted molar refractivity (Wildman–Crippen MR) is 53.1 cm³/mol.